The van der Waals surface area contributed by atoms with E-state index in [1.807, 2.05) is 6.92 Å². The van der Waals surface area contributed by atoms with Gasteiger partial charge in [-0.25, -0.2) is 0 Å². The average Bonchev–Trinajstić information content (AvgIpc) is 2.58. The summed E-state index contributed by atoms with van der Waals surface area (Å²) in [6.45, 7) is 1.86. The first-order chi connectivity index (χ1) is 11.6. The van der Waals surface area contributed by atoms with E-state index in [-0.39, 0.29) is 5.91 Å². The van der Waals surface area contributed by atoms with Crippen LogP contribution >= 0.6 is 0 Å². The Morgan fingerprint density at radius 3 is 2.29 bits per heavy atom. The van der Waals surface area contributed by atoms with Crippen LogP contribution in [0.25, 0.3) is 6.08 Å². The number of aryl methyl sites for hydroxylation is 1. The molecule has 0 unspecified atom stereocenters. The maximum absolute atomic E-state index is 12.0. The Kier molecular flexibility index (Phi) is 5.78. The largest absolute Gasteiger partial charge is 0.493 e. The van der Waals surface area contributed by atoms with Gasteiger partial charge in [0.1, 0.15) is 0 Å². The molecule has 1 heterocycles. The lowest BCUT2D eigenvalue weighted by molar-refractivity contribution is -0.111. The van der Waals surface area contributed by atoms with E-state index in [9.17, 15) is 4.79 Å². The van der Waals surface area contributed by atoms with Crippen LogP contribution in [-0.4, -0.2) is 32.2 Å². The van der Waals surface area contributed by atoms with Crippen molar-refractivity contribution in [2.75, 3.05) is 26.6 Å². The van der Waals surface area contributed by atoms with Crippen molar-refractivity contribution < 1.29 is 19.0 Å². The number of aromatic nitrogens is 1. The Labute approximate surface area is 141 Å². The van der Waals surface area contributed by atoms with Crippen LogP contribution < -0.4 is 19.5 Å². The summed E-state index contributed by atoms with van der Waals surface area (Å²) in [6, 6.07) is 7.06. The highest BCUT2D eigenvalue weighted by Gasteiger charge is 2.12. The molecular formula is C18H20N2O4. The number of amides is 1. The summed E-state index contributed by atoms with van der Waals surface area (Å²) in [5.74, 6) is 1.33. The first kappa shape index (κ1) is 17.3. The standard InChI is InChI=1S/C18H20N2O4/c1-12-9-14(7-8-19-12)20-17(21)6-5-13-10-15(22-2)18(24-4)16(11-13)23-3/h5-11H,1-4H3,(H,19,20,21)/b6-5+. The molecular weight excluding hydrogens is 308 g/mol. The Bertz CT molecular complexity index is 731. The number of nitrogens with zero attached hydrogens (tertiary/aromatic N) is 1. The lowest BCUT2D eigenvalue weighted by Crippen LogP contribution is -2.08. The molecule has 0 bridgehead atoms. The number of benzene rings is 1. The minimum atomic E-state index is -0.241. The molecule has 2 aromatic rings. The fourth-order valence-corrected chi connectivity index (χ4v) is 2.18. The van der Waals surface area contributed by atoms with E-state index < -0.39 is 0 Å². The smallest absolute Gasteiger partial charge is 0.248 e. The molecule has 0 atom stereocenters. The Hall–Kier alpha value is -3.02. The predicted molar refractivity (Wildman–Crippen MR) is 92.7 cm³/mol. The third-order valence-corrected chi connectivity index (χ3v) is 3.28. The SMILES string of the molecule is COc1cc(/C=C/C(=O)Nc2ccnc(C)c2)cc(OC)c1OC. The molecule has 2 rings (SSSR count). The number of carbonyl (C=O) groups is 1. The van der Waals surface area contributed by atoms with E-state index >= 15 is 0 Å². The van der Waals surface area contributed by atoms with Crippen LogP contribution in [0.3, 0.4) is 0 Å². The van der Waals surface area contributed by atoms with E-state index in [4.69, 9.17) is 14.2 Å². The Balaban J connectivity index is 2.17. The fourth-order valence-electron chi connectivity index (χ4n) is 2.18. The zero-order valence-electron chi connectivity index (χ0n) is 14.1. The molecule has 0 saturated carbocycles. The maximum Gasteiger partial charge on any atom is 0.248 e. The second-order valence-corrected chi connectivity index (χ2v) is 4.97. The van der Waals surface area contributed by atoms with E-state index in [0.717, 1.165) is 11.3 Å². The van der Waals surface area contributed by atoms with Crippen molar-refractivity contribution in [1.29, 1.82) is 0 Å². The number of ether oxygens (including phenoxy) is 3. The van der Waals surface area contributed by atoms with Crippen molar-refractivity contribution in [3.05, 3.63) is 47.8 Å². The number of rotatable bonds is 6. The van der Waals surface area contributed by atoms with Crippen molar-refractivity contribution in [2.24, 2.45) is 0 Å². The van der Waals surface area contributed by atoms with Gasteiger partial charge < -0.3 is 19.5 Å². The number of hydrogen-bond donors (Lipinski definition) is 1. The van der Waals surface area contributed by atoms with Gasteiger partial charge in [-0.3, -0.25) is 9.78 Å². The number of hydrogen-bond acceptors (Lipinski definition) is 5. The molecule has 6 heteroatoms. The molecule has 1 amide bonds. The van der Waals surface area contributed by atoms with Crippen LogP contribution in [-0.2, 0) is 4.79 Å². The molecule has 0 spiro atoms. The molecule has 0 fully saturated rings. The van der Waals surface area contributed by atoms with Crippen molar-refractivity contribution in [3.8, 4) is 17.2 Å². The van der Waals surface area contributed by atoms with Gasteiger partial charge in [0.2, 0.25) is 11.7 Å². The average molecular weight is 328 g/mol. The summed E-state index contributed by atoms with van der Waals surface area (Å²) < 4.78 is 15.8. The van der Waals surface area contributed by atoms with Crippen molar-refractivity contribution in [1.82, 2.24) is 4.98 Å². The quantitative estimate of drug-likeness (QED) is 0.825. The highest BCUT2D eigenvalue weighted by Crippen LogP contribution is 2.38. The van der Waals surface area contributed by atoms with Crippen molar-refractivity contribution in [3.63, 3.8) is 0 Å². The topological polar surface area (TPSA) is 69.7 Å². The van der Waals surface area contributed by atoms with Gasteiger partial charge in [0.15, 0.2) is 11.5 Å². The zero-order chi connectivity index (χ0) is 17.5. The molecule has 126 valence electrons. The highest BCUT2D eigenvalue weighted by molar-refractivity contribution is 6.02. The number of pyridine rings is 1. The third-order valence-electron chi connectivity index (χ3n) is 3.28. The van der Waals surface area contributed by atoms with Crippen LogP contribution in [0, 0.1) is 6.92 Å². The van der Waals surface area contributed by atoms with Crippen LogP contribution in [0.4, 0.5) is 5.69 Å². The second-order valence-electron chi connectivity index (χ2n) is 4.97. The van der Waals surface area contributed by atoms with Gasteiger partial charge in [0.25, 0.3) is 0 Å². The van der Waals surface area contributed by atoms with E-state index in [2.05, 4.69) is 10.3 Å². The first-order valence-corrected chi connectivity index (χ1v) is 7.29. The summed E-state index contributed by atoms with van der Waals surface area (Å²) in [4.78, 5) is 16.1. The van der Waals surface area contributed by atoms with E-state index in [0.29, 0.717) is 22.9 Å². The van der Waals surface area contributed by atoms with E-state index in [1.165, 1.54) is 6.08 Å². The van der Waals surface area contributed by atoms with Gasteiger partial charge in [-0.2, -0.15) is 0 Å². The van der Waals surface area contributed by atoms with Crippen molar-refractivity contribution >= 4 is 17.7 Å². The van der Waals surface area contributed by atoms with Crippen molar-refractivity contribution in [2.45, 2.75) is 6.92 Å². The molecule has 6 nitrogen and oxygen atoms in total. The molecule has 1 N–H and O–H groups in total. The zero-order valence-corrected chi connectivity index (χ0v) is 14.1. The summed E-state index contributed by atoms with van der Waals surface area (Å²) in [5, 5.41) is 2.78. The number of nitrogens with one attached hydrogen (secondary N) is 1. The molecule has 1 aromatic carbocycles. The minimum Gasteiger partial charge on any atom is -0.493 e. The van der Waals surface area contributed by atoms with Gasteiger partial charge in [0, 0.05) is 23.7 Å². The van der Waals surface area contributed by atoms with Crippen LogP contribution in [0.15, 0.2) is 36.5 Å². The number of methoxy groups -OCH3 is 3. The van der Waals surface area contributed by atoms with Crippen LogP contribution in [0.2, 0.25) is 0 Å². The Morgan fingerprint density at radius 1 is 1.08 bits per heavy atom. The fraction of sp³-hybridized carbons (Fsp3) is 0.222. The molecule has 1 aromatic heterocycles. The van der Waals surface area contributed by atoms with Crippen LogP contribution in [0.1, 0.15) is 11.3 Å². The normalized spacial score (nSPS) is 10.5. The minimum absolute atomic E-state index is 0.241. The van der Waals surface area contributed by atoms with Gasteiger partial charge in [0.05, 0.1) is 21.3 Å². The Morgan fingerprint density at radius 2 is 1.75 bits per heavy atom. The molecule has 0 saturated heterocycles. The summed E-state index contributed by atoms with van der Waals surface area (Å²) in [7, 11) is 4.63. The van der Waals surface area contributed by atoms with Gasteiger partial charge in [-0.15, -0.1) is 0 Å². The predicted octanol–water partition coefficient (Wildman–Crippen LogP) is 3.07. The molecule has 24 heavy (non-hydrogen) atoms. The lowest BCUT2D eigenvalue weighted by atomic mass is 10.1. The van der Waals surface area contributed by atoms with Gasteiger partial charge in [-0.1, -0.05) is 0 Å². The molecule has 0 radical (unpaired) electrons. The molecule has 0 aliphatic rings. The van der Waals surface area contributed by atoms with Gasteiger partial charge >= 0.3 is 0 Å². The van der Waals surface area contributed by atoms with Crippen LogP contribution in [0.5, 0.6) is 17.2 Å². The molecule has 0 aliphatic heterocycles. The van der Waals surface area contributed by atoms with E-state index in [1.54, 1.807) is 57.9 Å². The number of anilines is 1. The highest BCUT2D eigenvalue weighted by atomic mass is 16.5. The molecule has 0 aliphatic carbocycles. The summed E-state index contributed by atoms with van der Waals surface area (Å²) in [5.41, 5.74) is 2.29. The monoisotopic (exact) mass is 328 g/mol. The number of carbonyl (C=O) groups excluding carboxylic acids is 1. The summed E-state index contributed by atoms with van der Waals surface area (Å²) in [6.07, 6.45) is 4.76. The lowest BCUT2D eigenvalue weighted by Gasteiger charge is -2.12. The first-order valence-electron chi connectivity index (χ1n) is 7.29. The second kappa shape index (κ2) is 8.01. The van der Waals surface area contributed by atoms with Gasteiger partial charge in [-0.05, 0) is 42.8 Å². The maximum atomic E-state index is 12.0. The third kappa shape index (κ3) is 4.25. The summed E-state index contributed by atoms with van der Waals surface area (Å²) >= 11 is 0.